The Hall–Kier alpha value is -4.34. The fourth-order valence-corrected chi connectivity index (χ4v) is 2.91. The molecular formula is C21H19N5O5. The van der Waals surface area contributed by atoms with Gasteiger partial charge in [0.1, 0.15) is 18.0 Å². The van der Waals surface area contributed by atoms with Crippen LogP contribution in [0.1, 0.15) is 5.56 Å². The van der Waals surface area contributed by atoms with Gasteiger partial charge in [-0.3, -0.25) is 14.3 Å². The summed E-state index contributed by atoms with van der Waals surface area (Å²) >= 11 is 0. The third-order valence-electron chi connectivity index (χ3n) is 4.26. The Balaban J connectivity index is 1.39. The second kappa shape index (κ2) is 8.99. The van der Waals surface area contributed by atoms with E-state index in [0.717, 1.165) is 5.56 Å². The summed E-state index contributed by atoms with van der Waals surface area (Å²) in [5.41, 5.74) is 9.72. The van der Waals surface area contributed by atoms with E-state index in [1.165, 1.54) is 10.9 Å². The van der Waals surface area contributed by atoms with Crippen molar-refractivity contribution in [2.45, 2.75) is 6.54 Å². The SMILES string of the molecule is NC(=O)Cn1cc(C=NNC(=O)COc2ccc3c(c2)OCO3)c(-c2ccccc2)n1. The van der Waals surface area contributed by atoms with Gasteiger partial charge in [-0.1, -0.05) is 30.3 Å². The monoisotopic (exact) mass is 421 g/mol. The summed E-state index contributed by atoms with van der Waals surface area (Å²) in [6, 6.07) is 14.4. The van der Waals surface area contributed by atoms with Gasteiger partial charge in [0.25, 0.3) is 5.91 Å². The molecule has 0 aliphatic carbocycles. The minimum atomic E-state index is -0.514. The predicted molar refractivity (Wildman–Crippen MR) is 111 cm³/mol. The van der Waals surface area contributed by atoms with Gasteiger partial charge in [0.2, 0.25) is 12.7 Å². The lowest BCUT2D eigenvalue weighted by atomic mass is 10.1. The minimum Gasteiger partial charge on any atom is -0.484 e. The van der Waals surface area contributed by atoms with Crippen molar-refractivity contribution in [2.75, 3.05) is 13.4 Å². The van der Waals surface area contributed by atoms with Gasteiger partial charge in [0, 0.05) is 23.4 Å². The van der Waals surface area contributed by atoms with Crippen molar-refractivity contribution in [3.63, 3.8) is 0 Å². The normalized spacial score (nSPS) is 12.1. The molecular weight excluding hydrogens is 402 g/mol. The molecule has 0 spiro atoms. The molecule has 158 valence electrons. The molecule has 10 heteroatoms. The average molecular weight is 421 g/mol. The van der Waals surface area contributed by atoms with Crippen molar-refractivity contribution in [1.29, 1.82) is 0 Å². The maximum Gasteiger partial charge on any atom is 0.277 e. The molecule has 1 aliphatic heterocycles. The second-order valence-corrected chi connectivity index (χ2v) is 6.56. The van der Waals surface area contributed by atoms with E-state index in [4.69, 9.17) is 19.9 Å². The lowest BCUT2D eigenvalue weighted by Crippen LogP contribution is -2.24. The Morgan fingerprint density at radius 1 is 1.19 bits per heavy atom. The summed E-state index contributed by atoms with van der Waals surface area (Å²) in [7, 11) is 0. The number of hydrazone groups is 1. The van der Waals surface area contributed by atoms with Crippen LogP contribution in [-0.2, 0) is 16.1 Å². The highest BCUT2D eigenvalue weighted by Gasteiger charge is 2.14. The van der Waals surface area contributed by atoms with Gasteiger partial charge in [-0.15, -0.1) is 0 Å². The van der Waals surface area contributed by atoms with Gasteiger partial charge in [-0.25, -0.2) is 5.43 Å². The first-order valence-electron chi connectivity index (χ1n) is 9.34. The lowest BCUT2D eigenvalue weighted by Gasteiger charge is -2.05. The minimum absolute atomic E-state index is 0.0661. The van der Waals surface area contributed by atoms with Crippen LogP contribution in [0.25, 0.3) is 11.3 Å². The van der Waals surface area contributed by atoms with Crippen LogP contribution in [0.3, 0.4) is 0 Å². The number of carbonyl (C=O) groups excluding carboxylic acids is 2. The Labute approximate surface area is 177 Å². The number of hydrogen-bond donors (Lipinski definition) is 2. The number of rotatable bonds is 8. The fourth-order valence-electron chi connectivity index (χ4n) is 2.91. The van der Waals surface area contributed by atoms with E-state index >= 15 is 0 Å². The first kappa shape index (κ1) is 20.0. The van der Waals surface area contributed by atoms with Crippen LogP contribution >= 0.6 is 0 Å². The molecule has 2 heterocycles. The molecule has 0 saturated heterocycles. The zero-order valence-electron chi connectivity index (χ0n) is 16.4. The molecule has 2 aromatic carbocycles. The molecule has 3 N–H and O–H groups in total. The van der Waals surface area contributed by atoms with Crippen LogP contribution in [0.2, 0.25) is 0 Å². The van der Waals surface area contributed by atoms with Crippen LogP contribution in [0, 0.1) is 0 Å². The number of aromatic nitrogens is 2. The Kier molecular flexibility index (Phi) is 5.79. The molecule has 1 aromatic heterocycles. The molecule has 4 rings (SSSR count). The predicted octanol–water partition coefficient (Wildman–Crippen LogP) is 1.29. The third kappa shape index (κ3) is 4.99. The number of ether oxygens (including phenoxy) is 3. The van der Waals surface area contributed by atoms with E-state index in [0.29, 0.717) is 28.5 Å². The molecule has 0 fully saturated rings. The topological polar surface area (TPSA) is 130 Å². The maximum absolute atomic E-state index is 12.1. The number of nitrogens with one attached hydrogen (secondary N) is 1. The molecule has 0 bridgehead atoms. The van der Waals surface area contributed by atoms with Crippen molar-refractivity contribution in [1.82, 2.24) is 15.2 Å². The zero-order chi connectivity index (χ0) is 21.6. The van der Waals surface area contributed by atoms with E-state index in [-0.39, 0.29) is 19.9 Å². The molecule has 0 saturated carbocycles. The highest BCUT2D eigenvalue weighted by atomic mass is 16.7. The van der Waals surface area contributed by atoms with Crippen molar-refractivity contribution in [3.05, 3.63) is 60.3 Å². The summed E-state index contributed by atoms with van der Waals surface area (Å²) in [5, 5.41) is 8.36. The van der Waals surface area contributed by atoms with Crippen molar-refractivity contribution in [2.24, 2.45) is 10.8 Å². The molecule has 3 aromatic rings. The molecule has 0 unspecified atom stereocenters. The summed E-state index contributed by atoms with van der Waals surface area (Å²) in [6.45, 7) is -0.137. The lowest BCUT2D eigenvalue weighted by molar-refractivity contribution is -0.123. The largest absolute Gasteiger partial charge is 0.484 e. The van der Waals surface area contributed by atoms with Gasteiger partial charge >= 0.3 is 0 Å². The number of amides is 2. The van der Waals surface area contributed by atoms with Crippen LogP contribution in [-0.4, -0.2) is 41.2 Å². The summed E-state index contributed by atoms with van der Waals surface area (Å²) in [5.74, 6) is 0.714. The Morgan fingerprint density at radius 3 is 2.81 bits per heavy atom. The van der Waals surface area contributed by atoms with E-state index in [1.807, 2.05) is 30.3 Å². The number of hydrogen-bond acceptors (Lipinski definition) is 7. The van der Waals surface area contributed by atoms with Gasteiger partial charge in [0.15, 0.2) is 18.1 Å². The van der Waals surface area contributed by atoms with Gasteiger partial charge in [0.05, 0.1) is 6.21 Å². The fraction of sp³-hybridized carbons (Fsp3) is 0.143. The first-order chi connectivity index (χ1) is 15.1. The van der Waals surface area contributed by atoms with Crippen molar-refractivity contribution >= 4 is 18.0 Å². The first-order valence-corrected chi connectivity index (χ1v) is 9.34. The highest BCUT2D eigenvalue weighted by molar-refractivity contribution is 5.89. The maximum atomic E-state index is 12.1. The van der Waals surface area contributed by atoms with E-state index in [9.17, 15) is 9.59 Å². The summed E-state index contributed by atoms with van der Waals surface area (Å²) in [4.78, 5) is 23.3. The third-order valence-corrected chi connectivity index (χ3v) is 4.26. The van der Waals surface area contributed by atoms with Crippen LogP contribution in [0.4, 0.5) is 0 Å². The Morgan fingerprint density at radius 2 is 2.00 bits per heavy atom. The standard InChI is InChI=1S/C21H19N5O5/c22-19(27)11-26-10-15(21(25-26)14-4-2-1-3-5-14)9-23-24-20(28)12-29-16-6-7-17-18(8-16)31-13-30-17/h1-10H,11-13H2,(H2,22,27)(H,24,28). The van der Waals surface area contributed by atoms with Crippen LogP contribution in [0.15, 0.2) is 59.8 Å². The van der Waals surface area contributed by atoms with Crippen molar-refractivity contribution in [3.8, 4) is 28.5 Å². The number of nitrogens with zero attached hydrogens (tertiary/aromatic N) is 3. The van der Waals surface area contributed by atoms with Gasteiger partial charge in [-0.05, 0) is 12.1 Å². The molecule has 2 amide bonds. The summed E-state index contributed by atoms with van der Waals surface area (Å²) < 4.78 is 17.4. The number of carbonyl (C=O) groups is 2. The number of primary amides is 1. The van der Waals surface area contributed by atoms with Crippen LogP contribution in [0.5, 0.6) is 17.2 Å². The second-order valence-electron chi connectivity index (χ2n) is 6.56. The Bertz CT molecular complexity index is 1130. The molecule has 1 aliphatic rings. The molecule has 0 atom stereocenters. The number of nitrogens with two attached hydrogens (primary N) is 1. The smallest absolute Gasteiger partial charge is 0.277 e. The molecule has 10 nitrogen and oxygen atoms in total. The highest BCUT2D eigenvalue weighted by Crippen LogP contribution is 2.35. The van der Waals surface area contributed by atoms with E-state index < -0.39 is 11.8 Å². The quantitative estimate of drug-likeness (QED) is 0.416. The number of fused-ring (bicyclic) bond motifs is 1. The molecule has 31 heavy (non-hydrogen) atoms. The average Bonchev–Trinajstić information content (AvgIpc) is 3.39. The van der Waals surface area contributed by atoms with Crippen molar-refractivity contribution < 1.29 is 23.8 Å². The number of benzene rings is 2. The summed E-state index contributed by atoms with van der Waals surface area (Å²) in [6.07, 6.45) is 3.08. The van der Waals surface area contributed by atoms with E-state index in [1.54, 1.807) is 24.4 Å². The molecule has 0 radical (unpaired) electrons. The van der Waals surface area contributed by atoms with Gasteiger partial charge in [-0.2, -0.15) is 10.2 Å². The van der Waals surface area contributed by atoms with E-state index in [2.05, 4.69) is 15.6 Å². The van der Waals surface area contributed by atoms with Crippen LogP contribution < -0.4 is 25.4 Å². The zero-order valence-corrected chi connectivity index (χ0v) is 16.4. The van der Waals surface area contributed by atoms with Gasteiger partial charge < -0.3 is 19.9 Å².